The van der Waals surface area contributed by atoms with E-state index in [1.165, 1.54) is 12.1 Å². The summed E-state index contributed by atoms with van der Waals surface area (Å²) < 4.78 is 24.6. The van der Waals surface area contributed by atoms with Crippen LogP contribution in [0.5, 0.6) is 0 Å². The molecule has 2 aromatic carbocycles. The average molecular weight is 355 g/mol. The van der Waals surface area contributed by atoms with Crippen LogP contribution >= 0.6 is 0 Å². The van der Waals surface area contributed by atoms with Gasteiger partial charge in [0.1, 0.15) is 17.2 Å². The van der Waals surface area contributed by atoms with Crippen LogP contribution in [0.4, 0.5) is 4.39 Å². The Labute approximate surface area is 154 Å². The lowest BCUT2D eigenvalue weighted by Gasteiger charge is -2.08. The highest BCUT2D eigenvalue weighted by Crippen LogP contribution is 2.22. The lowest BCUT2D eigenvalue weighted by molar-refractivity contribution is 0.121. The molecule has 1 aromatic heterocycles. The van der Waals surface area contributed by atoms with Gasteiger partial charge in [-0.3, -0.25) is 0 Å². The van der Waals surface area contributed by atoms with E-state index >= 15 is 0 Å². The Balaban J connectivity index is 1.54. The molecule has 3 aromatic rings. The van der Waals surface area contributed by atoms with E-state index in [0.717, 1.165) is 47.2 Å². The number of hydrogen-bond donors (Lipinski definition) is 1. The van der Waals surface area contributed by atoms with Gasteiger partial charge in [-0.25, -0.2) is 4.39 Å². The van der Waals surface area contributed by atoms with Crippen molar-refractivity contribution < 1.29 is 13.5 Å². The third-order valence-corrected chi connectivity index (χ3v) is 4.28. The molecule has 0 aliphatic heterocycles. The quantitative estimate of drug-likeness (QED) is 0.556. The molecule has 0 aliphatic rings. The Kier molecular flexibility index (Phi) is 6.42. The van der Waals surface area contributed by atoms with Crippen LogP contribution in [0.1, 0.15) is 30.7 Å². The third kappa shape index (κ3) is 5.41. The van der Waals surface area contributed by atoms with Gasteiger partial charge in [0.2, 0.25) is 0 Å². The maximum atomic E-state index is 13.0. The van der Waals surface area contributed by atoms with E-state index in [0.29, 0.717) is 19.3 Å². The molecule has 1 heterocycles. The minimum atomic E-state index is -0.202. The fourth-order valence-corrected chi connectivity index (χ4v) is 2.87. The fourth-order valence-electron chi connectivity index (χ4n) is 2.87. The Bertz CT molecular complexity index is 824. The maximum absolute atomic E-state index is 13.0. The number of aryl methyl sites for hydroxylation is 2. The molecule has 0 saturated carbocycles. The van der Waals surface area contributed by atoms with E-state index in [4.69, 9.17) is 9.15 Å². The molecule has 26 heavy (non-hydrogen) atoms. The monoisotopic (exact) mass is 355 g/mol. The van der Waals surface area contributed by atoms with Gasteiger partial charge in [0.05, 0.1) is 13.2 Å². The molecule has 0 spiro atoms. The van der Waals surface area contributed by atoms with Crippen LogP contribution in [-0.4, -0.2) is 19.2 Å². The Morgan fingerprint density at radius 2 is 1.77 bits per heavy atom. The largest absolute Gasteiger partial charge is 0.461 e. The predicted octanol–water partition coefficient (Wildman–Crippen LogP) is 4.87. The van der Waals surface area contributed by atoms with Gasteiger partial charge in [-0.15, -0.1) is 0 Å². The lowest BCUT2D eigenvalue weighted by atomic mass is 10.1. The predicted molar refractivity (Wildman–Crippen MR) is 103 cm³/mol. The third-order valence-electron chi connectivity index (χ3n) is 4.28. The number of ether oxygens (including phenoxy) is 1. The van der Waals surface area contributed by atoms with Crippen molar-refractivity contribution in [1.29, 1.82) is 0 Å². The summed E-state index contributed by atoms with van der Waals surface area (Å²) in [4.78, 5) is 0. The zero-order valence-electron chi connectivity index (χ0n) is 15.4. The van der Waals surface area contributed by atoms with Crippen molar-refractivity contribution in [1.82, 2.24) is 5.32 Å². The number of furan rings is 1. The molecule has 0 bridgehead atoms. The first-order valence-electron chi connectivity index (χ1n) is 9.17. The topological polar surface area (TPSA) is 34.4 Å². The number of benzene rings is 2. The van der Waals surface area contributed by atoms with Gasteiger partial charge in [-0.2, -0.15) is 0 Å². The normalized spacial score (nSPS) is 11.5. The summed E-state index contributed by atoms with van der Waals surface area (Å²) in [6.07, 6.45) is 1.63. The SMILES string of the molecule is CC(C)NCCOCc1ccc2cc(CCc3ccc(F)cc3)oc2c1. The van der Waals surface area contributed by atoms with Crippen LogP contribution in [0.15, 0.2) is 52.9 Å². The Morgan fingerprint density at radius 1 is 1.00 bits per heavy atom. The maximum Gasteiger partial charge on any atom is 0.134 e. The smallest absolute Gasteiger partial charge is 0.134 e. The lowest BCUT2D eigenvalue weighted by Crippen LogP contribution is -2.26. The fraction of sp³-hybridized carbons (Fsp3) is 0.364. The molecular weight excluding hydrogens is 329 g/mol. The minimum absolute atomic E-state index is 0.202. The molecule has 1 N–H and O–H groups in total. The average Bonchev–Trinajstić information content (AvgIpc) is 3.03. The number of rotatable bonds is 9. The second-order valence-corrected chi connectivity index (χ2v) is 6.87. The summed E-state index contributed by atoms with van der Waals surface area (Å²) >= 11 is 0. The highest BCUT2D eigenvalue weighted by atomic mass is 19.1. The molecule has 0 atom stereocenters. The first-order chi connectivity index (χ1) is 12.6. The summed E-state index contributed by atoms with van der Waals surface area (Å²) in [5.41, 5.74) is 3.11. The molecule has 4 heteroatoms. The van der Waals surface area contributed by atoms with Crippen LogP contribution in [0.2, 0.25) is 0 Å². The molecule has 0 fully saturated rings. The summed E-state index contributed by atoms with van der Waals surface area (Å²) in [6.45, 7) is 6.38. The zero-order chi connectivity index (χ0) is 18.4. The molecule has 0 aliphatic carbocycles. The molecular formula is C22H26FNO2. The van der Waals surface area contributed by atoms with Crippen molar-refractivity contribution in [2.45, 2.75) is 39.3 Å². The highest BCUT2D eigenvalue weighted by Gasteiger charge is 2.06. The van der Waals surface area contributed by atoms with E-state index in [1.807, 2.05) is 18.2 Å². The first kappa shape index (κ1) is 18.6. The number of hydrogen-bond acceptors (Lipinski definition) is 3. The van der Waals surface area contributed by atoms with Crippen molar-refractivity contribution in [2.24, 2.45) is 0 Å². The van der Waals surface area contributed by atoms with E-state index in [1.54, 1.807) is 0 Å². The van der Waals surface area contributed by atoms with Crippen molar-refractivity contribution in [2.75, 3.05) is 13.2 Å². The standard InChI is InChI=1S/C22H26FNO2/c1-16(2)24-11-12-25-15-18-3-7-19-14-21(26-22(19)13-18)10-6-17-4-8-20(23)9-5-17/h3-5,7-9,13-14,16,24H,6,10-12,15H2,1-2H3. The van der Waals surface area contributed by atoms with E-state index in [9.17, 15) is 4.39 Å². The molecule has 0 saturated heterocycles. The van der Waals surface area contributed by atoms with Crippen molar-refractivity contribution in [3.8, 4) is 0 Å². The van der Waals surface area contributed by atoms with Crippen molar-refractivity contribution >= 4 is 11.0 Å². The highest BCUT2D eigenvalue weighted by molar-refractivity contribution is 5.78. The van der Waals surface area contributed by atoms with E-state index in [-0.39, 0.29) is 5.82 Å². The Morgan fingerprint density at radius 3 is 2.54 bits per heavy atom. The molecule has 0 radical (unpaired) electrons. The van der Waals surface area contributed by atoms with Gasteiger partial charge in [0, 0.05) is 24.4 Å². The van der Waals surface area contributed by atoms with Crippen LogP contribution in [-0.2, 0) is 24.2 Å². The van der Waals surface area contributed by atoms with Crippen LogP contribution in [0, 0.1) is 5.82 Å². The molecule has 138 valence electrons. The number of halogens is 1. The van der Waals surface area contributed by atoms with Gasteiger partial charge in [0.15, 0.2) is 0 Å². The summed E-state index contributed by atoms with van der Waals surface area (Å²) in [5, 5.41) is 4.43. The van der Waals surface area contributed by atoms with E-state index in [2.05, 4.69) is 37.4 Å². The molecule has 0 unspecified atom stereocenters. The number of fused-ring (bicyclic) bond motifs is 1. The Hall–Kier alpha value is -2.17. The summed E-state index contributed by atoms with van der Waals surface area (Å²) in [5.74, 6) is 0.746. The minimum Gasteiger partial charge on any atom is -0.461 e. The first-order valence-corrected chi connectivity index (χ1v) is 9.17. The van der Waals surface area contributed by atoms with Crippen molar-refractivity contribution in [3.05, 3.63) is 71.2 Å². The van der Waals surface area contributed by atoms with Crippen LogP contribution in [0.3, 0.4) is 0 Å². The summed E-state index contributed by atoms with van der Waals surface area (Å²) in [6, 6.07) is 15.4. The second kappa shape index (κ2) is 8.97. The molecule has 3 rings (SSSR count). The molecule has 3 nitrogen and oxygen atoms in total. The van der Waals surface area contributed by atoms with Crippen LogP contribution in [0.25, 0.3) is 11.0 Å². The molecule has 0 amide bonds. The van der Waals surface area contributed by atoms with Crippen LogP contribution < -0.4 is 5.32 Å². The van der Waals surface area contributed by atoms with Crippen molar-refractivity contribution in [3.63, 3.8) is 0 Å². The van der Waals surface area contributed by atoms with Gasteiger partial charge >= 0.3 is 0 Å². The summed E-state index contributed by atoms with van der Waals surface area (Å²) in [7, 11) is 0. The van der Waals surface area contributed by atoms with Gasteiger partial charge in [0.25, 0.3) is 0 Å². The van der Waals surface area contributed by atoms with E-state index < -0.39 is 0 Å². The number of nitrogens with one attached hydrogen (secondary N) is 1. The second-order valence-electron chi connectivity index (χ2n) is 6.87. The van der Waals surface area contributed by atoms with Gasteiger partial charge < -0.3 is 14.5 Å². The zero-order valence-corrected chi connectivity index (χ0v) is 15.4. The van der Waals surface area contributed by atoms with Gasteiger partial charge in [-0.05, 0) is 41.8 Å². The van der Waals surface area contributed by atoms with Gasteiger partial charge in [-0.1, -0.05) is 38.1 Å².